The third-order valence-electron chi connectivity index (χ3n) is 3.24. The van der Waals surface area contributed by atoms with Gasteiger partial charge < -0.3 is 15.0 Å². The Hall–Kier alpha value is -2.67. The fraction of sp³-hybridized carbons (Fsp3) is 0.133. The van der Waals surface area contributed by atoms with Gasteiger partial charge in [0.05, 0.1) is 12.1 Å². The first-order valence-corrected chi connectivity index (χ1v) is 7.09. The van der Waals surface area contributed by atoms with E-state index in [4.69, 9.17) is 17.0 Å². The molecule has 1 saturated heterocycles. The normalized spacial score (nSPS) is 13.8. The van der Waals surface area contributed by atoms with Gasteiger partial charge in [-0.3, -0.25) is 9.69 Å². The van der Waals surface area contributed by atoms with Crippen molar-refractivity contribution >= 4 is 35.6 Å². The van der Waals surface area contributed by atoms with Crippen LogP contribution in [0.3, 0.4) is 0 Å². The number of aromatic nitrogens is 1. The minimum absolute atomic E-state index is 0.303. The smallest absolute Gasteiger partial charge is 0.414 e. The van der Waals surface area contributed by atoms with Crippen molar-refractivity contribution in [1.82, 2.24) is 4.98 Å². The summed E-state index contributed by atoms with van der Waals surface area (Å²) in [5, 5.41) is 2.77. The molecule has 22 heavy (non-hydrogen) atoms. The molecule has 1 aromatic carbocycles. The highest BCUT2D eigenvalue weighted by Crippen LogP contribution is 2.22. The number of anilines is 2. The van der Waals surface area contributed by atoms with E-state index in [1.807, 2.05) is 0 Å². The second-order valence-electron chi connectivity index (χ2n) is 4.68. The topological polar surface area (TPSA) is 74.4 Å². The molecule has 0 saturated carbocycles. The number of carbonyl (C=O) groups excluding carboxylic acids is 2. The van der Waals surface area contributed by atoms with E-state index in [2.05, 4.69) is 10.3 Å². The Kier molecular flexibility index (Phi) is 3.88. The minimum Gasteiger partial charge on any atom is -0.447 e. The molecule has 6 nitrogen and oxygen atoms in total. The van der Waals surface area contributed by atoms with Crippen molar-refractivity contribution in [2.45, 2.75) is 0 Å². The number of cyclic esters (lactones) is 1. The molecule has 0 radical (unpaired) electrons. The summed E-state index contributed by atoms with van der Waals surface area (Å²) in [6.07, 6.45) is 1.28. The molecular formula is C15H13N3O3S. The zero-order valence-corrected chi connectivity index (χ0v) is 12.4. The second kappa shape index (κ2) is 5.98. The summed E-state index contributed by atoms with van der Waals surface area (Å²) >= 11 is 5.09. The molecular weight excluding hydrogens is 302 g/mol. The van der Waals surface area contributed by atoms with Crippen LogP contribution in [-0.4, -0.2) is 30.1 Å². The number of hydrogen-bond donors (Lipinski definition) is 2. The van der Waals surface area contributed by atoms with Crippen LogP contribution in [-0.2, 0) is 4.74 Å². The van der Waals surface area contributed by atoms with Crippen molar-refractivity contribution in [2.75, 3.05) is 23.4 Å². The van der Waals surface area contributed by atoms with Crippen LogP contribution in [0.25, 0.3) is 0 Å². The van der Waals surface area contributed by atoms with Crippen LogP contribution in [0.4, 0.5) is 16.2 Å². The van der Waals surface area contributed by atoms with Crippen LogP contribution in [0.15, 0.2) is 42.6 Å². The lowest BCUT2D eigenvalue weighted by Gasteiger charge is -2.14. The number of carbonyl (C=O) groups is 2. The van der Waals surface area contributed by atoms with Crippen LogP contribution < -0.4 is 10.2 Å². The molecule has 3 rings (SSSR count). The maximum absolute atomic E-state index is 12.2. The lowest BCUT2D eigenvalue weighted by molar-refractivity contribution is 0.102. The molecule has 2 amide bonds. The summed E-state index contributed by atoms with van der Waals surface area (Å²) in [5.74, 6) is -0.303. The highest BCUT2D eigenvalue weighted by molar-refractivity contribution is 7.71. The molecule has 0 unspecified atom stereocenters. The lowest BCUT2D eigenvalue weighted by Crippen LogP contribution is -2.23. The van der Waals surface area contributed by atoms with E-state index in [0.29, 0.717) is 34.7 Å². The van der Waals surface area contributed by atoms with Gasteiger partial charge in [0.2, 0.25) is 0 Å². The Labute approximate surface area is 131 Å². The molecule has 0 spiro atoms. The highest BCUT2D eigenvalue weighted by atomic mass is 32.1. The van der Waals surface area contributed by atoms with Gasteiger partial charge in [0.15, 0.2) is 0 Å². The third kappa shape index (κ3) is 2.84. The Morgan fingerprint density at radius 2 is 2.18 bits per heavy atom. The number of nitrogens with one attached hydrogen (secondary N) is 2. The molecule has 1 aromatic heterocycles. The van der Waals surface area contributed by atoms with Crippen molar-refractivity contribution in [3.8, 4) is 0 Å². The van der Waals surface area contributed by atoms with Crippen LogP contribution >= 0.6 is 12.2 Å². The Morgan fingerprint density at radius 3 is 2.91 bits per heavy atom. The minimum atomic E-state index is -0.381. The van der Waals surface area contributed by atoms with E-state index in [9.17, 15) is 9.59 Å². The summed E-state index contributed by atoms with van der Waals surface area (Å²) in [7, 11) is 0. The fourth-order valence-corrected chi connectivity index (χ4v) is 2.41. The fourth-order valence-electron chi connectivity index (χ4n) is 2.18. The lowest BCUT2D eigenvalue weighted by atomic mass is 10.2. The molecule has 2 aromatic rings. The first-order chi connectivity index (χ1) is 10.6. The number of aromatic amines is 1. The van der Waals surface area contributed by atoms with E-state index < -0.39 is 0 Å². The quantitative estimate of drug-likeness (QED) is 0.854. The maximum Gasteiger partial charge on any atom is 0.414 e. The number of rotatable bonds is 3. The molecule has 0 atom stereocenters. The van der Waals surface area contributed by atoms with Gasteiger partial charge in [-0.1, -0.05) is 18.3 Å². The standard InChI is InChI=1S/C15H13N3O3S/c19-13(12-5-2-6-16-14(12)22)17-10-3-1-4-11(9-10)18-7-8-21-15(18)20/h1-6,9H,7-8H2,(H,16,22)(H,17,19). The number of pyridine rings is 1. The molecule has 2 heterocycles. The van der Waals surface area contributed by atoms with Crippen LogP contribution in [0.2, 0.25) is 0 Å². The van der Waals surface area contributed by atoms with Gasteiger partial charge in [-0.05, 0) is 30.3 Å². The molecule has 112 valence electrons. The number of benzene rings is 1. The third-order valence-corrected chi connectivity index (χ3v) is 3.58. The molecule has 1 aliphatic rings. The van der Waals surface area contributed by atoms with Crippen molar-refractivity contribution in [3.05, 3.63) is 52.8 Å². The maximum atomic E-state index is 12.2. The van der Waals surface area contributed by atoms with E-state index in [0.717, 1.165) is 0 Å². The number of H-pyrrole nitrogens is 1. The first-order valence-electron chi connectivity index (χ1n) is 6.68. The summed E-state index contributed by atoms with van der Waals surface area (Å²) in [6.45, 7) is 0.870. The zero-order chi connectivity index (χ0) is 15.5. The summed E-state index contributed by atoms with van der Waals surface area (Å²) in [4.78, 5) is 28.1. The van der Waals surface area contributed by atoms with Crippen LogP contribution in [0, 0.1) is 4.64 Å². The van der Waals surface area contributed by atoms with E-state index in [1.54, 1.807) is 42.6 Å². The monoisotopic (exact) mass is 315 g/mol. The molecule has 2 N–H and O–H groups in total. The summed E-state index contributed by atoms with van der Waals surface area (Å²) < 4.78 is 5.28. The van der Waals surface area contributed by atoms with Gasteiger partial charge in [0.25, 0.3) is 5.91 Å². The van der Waals surface area contributed by atoms with Gasteiger partial charge in [-0.15, -0.1) is 0 Å². The first kappa shape index (κ1) is 14.3. The highest BCUT2D eigenvalue weighted by Gasteiger charge is 2.23. The average molecular weight is 315 g/mol. The van der Waals surface area contributed by atoms with E-state index in [1.165, 1.54) is 4.90 Å². The Morgan fingerprint density at radius 1 is 1.32 bits per heavy atom. The van der Waals surface area contributed by atoms with Gasteiger partial charge in [-0.25, -0.2) is 4.79 Å². The SMILES string of the molecule is O=C(Nc1cccc(N2CCOC2=O)c1)c1ccc[nH]c1=S. The molecule has 7 heteroatoms. The van der Waals surface area contributed by atoms with Gasteiger partial charge >= 0.3 is 6.09 Å². The predicted molar refractivity (Wildman–Crippen MR) is 84.7 cm³/mol. The summed E-state index contributed by atoms with van der Waals surface area (Å²) in [5.41, 5.74) is 1.66. The number of ether oxygens (including phenoxy) is 1. The zero-order valence-electron chi connectivity index (χ0n) is 11.5. The van der Waals surface area contributed by atoms with Crippen LogP contribution in [0.1, 0.15) is 10.4 Å². The van der Waals surface area contributed by atoms with Crippen molar-refractivity contribution in [2.24, 2.45) is 0 Å². The Balaban J connectivity index is 1.81. The summed E-state index contributed by atoms with van der Waals surface area (Å²) in [6, 6.07) is 10.4. The molecule has 1 aliphatic heterocycles. The van der Waals surface area contributed by atoms with Gasteiger partial charge in [0, 0.05) is 17.6 Å². The van der Waals surface area contributed by atoms with Gasteiger partial charge in [-0.2, -0.15) is 0 Å². The predicted octanol–water partition coefficient (Wildman–Crippen LogP) is 2.95. The van der Waals surface area contributed by atoms with Crippen molar-refractivity contribution < 1.29 is 14.3 Å². The number of amides is 2. The molecule has 0 bridgehead atoms. The molecule has 0 aliphatic carbocycles. The number of nitrogens with zero attached hydrogens (tertiary/aromatic N) is 1. The second-order valence-corrected chi connectivity index (χ2v) is 5.09. The van der Waals surface area contributed by atoms with Crippen molar-refractivity contribution in [1.29, 1.82) is 0 Å². The van der Waals surface area contributed by atoms with Gasteiger partial charge in [0.1, 0.15) is 11.2 Å². The van der Waals surface area contributed by atoms with E-state index in [-0.39, 0.29) is 12.0 Å². The largest absolute Gasteiger partial charge is 0.447 e. The van der Waals surface area contributed by atoms with Crippen molar-refractivity contribution in [3.63, 3.8) is 0 Å². The number of hydrogen-bond acceptors (Lipinski definition) is 4. The van der Waals surface area contributed by atoms with E-state index >= 15 is 0 Å². The molecule has 1 fully saturated rings. The average Bonchev–Trinajstić information content (AvgIpc) is 2.94. The van der Waals surface area contributed by atoms with Crippen LogP contribution in [0.5, 0.6) is 0 Å². The Bertz CT molecular complexity index is 787.